The van der Waals surface area contributed by atoms with Gasteiger partial charge < -0.3 is 14.5 Å². The lowest BCUT2D eigenvalue weighted by atomic mass is 9.87. The van der Waals surface area contributed by atoms with Crippen LogP contribution in [0, 0.1) is 11.8 Å². The van der Waals surface area contributed by atoms with Crippen molar-refractivity contribution in [3.05, 3.63) is 0 Å². The number of piperazine rings is 1. The standard InChI is InChI=1S/C22H45N3O/c1-6-8-20(7-2)18-25-11-9-24(10-12-25)13-14-26-22-15-21(16-22)23(5)17-19(3)4/h19-22H,6-18H2,1-5H3/t20?,21-,22-. The molecule has 4 nitrogen and oxygen atoms in total. The zero-order valence-electron chi connectivity index (χ0n) is 18.3. The second-order valence-corrected chi connectivity index (χ2v) is 9.16. The van der Waals surface area contributed by atoms with Gasteiger partial charge in [0.1, 0.15) is 0 Å². The van der Waals surface area contributed by atoms with Crippen LogP contribution in [0.4, 0.5) is 0 Å². The van der Waals surface area contributed by atoms with E-state index in [4.69, 9.17) is 4.74 Å². The van der Waals surface area contributed by atoms with E-state index in [2.05, 4.69) is 49.4 Å². The fourth-order valence-corrected chi connectivity index (χ4v) is 4.50. The molecule has 2 rings (SSSR count). The zero-order chi connectivity index (χ0) is 18.9. The number of hydrogen-bond acceptors (Lipinski definition) is 4. The molecule has 1 saturated heterocycles. The second-order valence-electron chi connectivity index (χ2n) is 9.16. The largest absolute Gasteiger partial charge is 0.377 e. The Kier molecular flexibility index (Phi) is 9.90. The summed E-state index contributed by atoms with van der Waals surface area (Å²) in [4.78, 5) is 7.80. The molecule has 1 aliphatic carbocycles. The van der Waals surface area contributed by atoms with Gasteiger partial charge in [-0.3, -0.25) is 4.90 Å². The third-order valence-corrected chi connectivity index (χ3v) is 6.36. The first-order chi connectivity index (χ1) is 12.5. The molecule has 0 spiro atoms. The van der Waals surface area contributed by atoms with Crippen LogP contribution in [0.25, 0.3) is 0 Å². The molecular weight excluding hydrogens is 322 g/mol. The van der Waals surface area contributed by atoms with Crippen LogP contribution >= 0.6 is 0 Å². The molecule has 1 saturated carbocycles. The van der Waals surface area contributed by atoms with Gasteiger partial charge in [0.15, 0.2) is 0 Å². The number of hydrogen-bond donors (Lipinski definition) is 0. The molecule has 0 bridgehead atoms. The lowest BCUT2D eigenvalue weighted by Crippen LogP contribution is -2.50. The maximum atomic E-state index is 6.12. The first-order valence-corrected chi connectivity index (χ1v) is 11.3. The summed E-state index contributed by atoms with van der Waals surface area (Å²) >= 11 is 0. The normalized spacial score (nSPS) is 26.4. The van der Waals surface area contributed by atoms with Crippen molar-refractivity contribution in [1.29, 1.82) is 0 Å². The number of rotatable bonds is 12. The highest BCUT2D eigenvalue weighted by Crippen LogP contribution is 2.28. The van der Waals surface area contributed by atoms with Crippen molar-refractivity contribution >= 4 is 0 Å². The fraction of sp³-hybridized carbons (Fsp3) is 1.00. The van der Waals surface area contributed by atoms with Gasteiger partial charge in [0.05, 0.1) is 12.7 Å². The molecule has 0 radical (unpaired) electrons. The van der Waals surface area contributed by atoms with E-state index in [-0.39, 0.29) is 0 Å². The summed E-state index contributed by atoms with van der Waals surface area (Å²) in [6.45, 7) is 18.7. The SMILES string of the molecule is CCCC(CC)CN1CCN(CCO[C@H]2C[C@H](N(C)CC(C)C)C2)CC1. The molecule has 26 heavy (non-hydrogen) atoms. The highest BCUT2D eigenvalue weighted by Gasteiger charge is 2.32. The molecule has 1 unspecified atom stereocenters. The van der Waals surface area contributed by atoms with Crippen LogP contribution in [-0.2, 0) is 4.74 Å². The van der Waals surface area contributed by atoms with Crippen LogP contribution in [0.2, 0.25) is 0 Å². The summed E-state index contributed by atoms with van der Waals surface area (Å²) in [6, 6.07) is 0.751. The maximum absolute atomic E-state index is 6.12. The summed E-state index contributed by atoms with van der Waals surface area (Å²) in [7, 11) is 2.27. The molecule has 2 fully saturated rings. The minimum Gasteiger partial charge on any atom is -0.377 e. The summed E-state index contributed by atoms with van der Waals surface area (Å²) in [5, 5.41) is 0. The third-order valence-electron chi connectivity index (χ3n) is 6.36. The zero-order valence-corrected chi connectivity index (χ0v) is 18.3. The van der Waals surface area contributed by atoms with Crippen molar-refractivity contribution in [3.8, 4) is 0 Å². The summed E-state index contributed by atoms with van der Waals surface area (Å²) < 4.78 is 6.12. The Balaban J connectivity index is 1.51. The smallest absolute Gasteiger partial charge is 0.0605 e. The van der Waals surface area contributed by atoms with E-state index in [1.807, 2.05) is 0 Å². The van der Waals surface area contributed by atoms with Crippen molar-refractivity contribution in [1.82, 2.24) is 14.7 Å². The van der Waals surface area contributed by atoms with Crippen LogP contribution in [0.5, 0.6) is 0 Å². The summed E-state index contributed by atoms with van der Waals surface area (Å²) in [6.07, 6.45) is 7.01. The highest BCUT2D eigenvalue weighted by molar-refractivity contribution is 4.87. The molecule has 0 N–H and O–H groups in total. The molecule has 154 valence electrons. The van der Waals surface area contributed by atoms with Gasteiger partial charge in [0.2, 0.25) is 0 Å². The molecule has 1 atom stereocenters. The Hall–Kier alpha value is -0.160. The van der Waals surface area contributed by atoms with E-state index < -0.39 is 0 Å². The van der Waals surface area contributed by atoms with Gasteiger partial charge in [0.25, 0.3) is 0 Å². The molecule has 0 aromatic rings. The quantitative estimate of drug-likeness (QED) is 0.525. The van der Waals surface area contributed by atoms with Gasteiger partial charge in [-0.25, -0.2) is 0 Å². The fourth-order valence-electron chi connectivity index (χ4n) is 4.50. The van der Waals surface area contributed by atoms with Crippen molar-refractivity contribution in [2.45, 2.75) is 71.9 Å². The lowest BCUT2D eigenvalue weighted by molar-refractivity contribution is -0.0543. The Bertz CT molecular complexity index is 362. The van der Waals surface area contributed by atoms with E-state index >= 15 is 0 Å². The average molecular weight is 368 g/mol. The first kappa shape index (κ1) is 22.1. The van der Waals surface area contributed by atoms with Gasteiger partial charge in [-0.2, -0.15) is 0 Å². The second kappa shape index (κ2) is 11.6. The molecule has 0 aromatic carbocycles. The van der Waals surface area contributed by atoms with Gasteiger partial charge >= 0.3 is 0 Å². The minimum absolute atomic E-state index is 0.509. The third kappa shape index (κ3) is 7.46. The molecular formula is C22H45N3O. The number of ether oxygens (including phenoxy) is 1. The van der Waals surface area contributed by atoms with Crippen molar-refractivity contribution in [2.24, 2.45) is 11.8 Å². The van der Waals surface area contributed by atoms with Crippen LogP contribution < -0.4 is 0 Å². The van der Waals surface area contributed by atoms with E-state index in [1.165, 1.54) is 71.4 Å². The van der Waals surface area contributed by atoms with Crippen molar-refractivity contribution in [2.75, 3.05) is 59.5 Å². The lowest BCUT2D eigenvalue weighted by Gasteiger charge is -2.42. The minimum atomic E-state index is 0.509. The predicted molar refractivity (Wildman–Crippen MR) is 112 cm³/mol. The molecule has 1 heterocycles. The molecule has 1 aliphatic heterocycles. The van der Waals surface area contributed by atoms with E-state index in [9.17, 15) is 0 Å². The summed E-state index contributed by atoms with van der Waals surface area (Å²) in [5.41, 5.74) is 0. The Morgan fingerprint density at radius 1 is 1.04 bits per heavy atom. The molecule has 2 aliphatic rings. The van der Waals surface area contributed by atoms with Gasteiger partial charge in [-0.05, 0) is 38.1 Å². The van der Waals surface area contributed by atoms with E-state index in [0.29, 0.717) is 6.10 Å². The summed E-state index contributed by atoms with van der Waals surface area (Å²) in [5.74, 6) is 1.66. The maximum Gasteiger partial charge on any atom is 0.0605 e. The van der Waals surface area contributed by atoms with E-state index in [0.717, 1.165) is 31.0 Å². The van der Waals surface area contributed by atoms with Crippen molar-refractivity contribution in [3.63, 3.8) is 0 Å². The van der Waals surface area contributed by atoms with Crippen LogP contribution in [-0.4, -0.2) is 86.3 Å². The van der Waals surface area contributed by atoms with Crippen LogP contribution in [0.15, 0.2) is 0 Å². The van der Waals surface area contributed by atoms with E-state index in [1.54, 1.807) is 0 Å². The Morgan fingerprint density at radius 2 is 1.69 bits per heavy atom. The topological polar surface area (TPSA) is 19.0 Å². The molecule has 0 aromatic heterocycles. The van der Waals surface area contributed by atoms with Crippen LogP contribution in [0.1, 0.15) is 59.8 Å². The average Bonchev–Trinajstić information content (AvgIpc) is 2.57. The van der Waals surface area contributed by atoms with Gasteiger partial charge in [0, 0.05) is 51.9 Å². The predicted octanol–water partition coefficient (Wildman–Crippen LogP) is 3.57. The first-order valence-electron chi connectivity index (χ1n) is 11.3. The van der Waals surface area contributed by atoms with Crippen LogP contribution in [0.3, 0.4) is 0 Å². The molecule has 4 heteroatoms. The molecule has 0 amide bonds. The van der Waals surface area contributed by atoms with Gasteiger partial charge in [-0.1, -0.05) is 40.5 Å². The monoisotopic (exact) mass is 367 g/mol. The Morgan fingerprint density at radius 3 is 2.27 bits per heavy atom. The highest BCUT2D eigenvalue weighted by atomic mass is 16.5. The van der Waals surface area contributed by atoms with Gasteiger partial charge in [-0.15, -0.1) is 0 Å². The number of nitrogens with zero attached hydrogens (tertiary/aromatic N) is 3. The van der Waals surface area contributed by atoms with Crippen molar-refractivity contribution < 1.29 is 4.74 Å². The Labute approximate surface area is 163 Å².